The molecule has 0 aliphatic carbocycles. The van der Waals surface area contributed by atoms with Crippen molar-refractivity contribution < 1.29 is 24.5 Å². The van der Waals surface area contributed by atoms with Gasteiger partial charge in [-0.1, -0.05) is 248 Å². The Labute approximate surface area is 383 Å². The van der Waals surface area contributed by atoms with E-state index in [0.717, 1.165) is 70.6 Å². The Balaban J connectivity index is 4.72. The van der Waals surface area contributed by atoms with Gasteiger partial charge >= 0.3 is 5.97 Å². The highest BCUT2D eigenvalue weighted by molar-refractivity contribution is 5.78. The fourth-order valence-corrected chi connectivity index (χ4v) is 7.60. The molecule has 0 spiro atoms. The van der Waals surface area contributed by atoms with E-state index in [4.69, 9.17) is 4.74 Å². The van der Waals surface area contributed by atoms with E-state index in [1.54, 1.807) is 6.08 Å². The number of amides is 1. The first-order valence-corrected chi connectivity index (χ1v) is 26.2. The van der Waals surface area contributed by atoms with Gasteiger partial charge in [0.2, 0.25) is 5.91 Å². The molecule has 358 valence electrons. The Hall–Kier alpha value is -2.70. The van der Waals surface area contributed by atoms with Gasteiger partial charge in [-0.25, -0.2) is 0 Å². The third-order valence-corrected chi connectivity index (χ3v) is 11.5. The molecule has 6 nitrogen and oxygen atoms in total. The summed E-state index contributed by atoms with van der Waals surface area (Å²) in [6.07, 6.45) is 62.9. The Morgan fingerprint density at radius 1 is 0.484 bits per heavy atom. The van der Waals surface area contributed by atoms with Crippen LogP contribution in [0.1, 0.15) is 245 Å². The van der Waals surface area contributed by atoms with Crippen LogP contribution >= 0.6 is 0 Å². The first kappa shape index (κ1) is 59.3. The molecule has 0 aromatic carbocycles. The maximum absolute atomic E-state index is 13.1. The molecular formula is C56H99NO5. The molecule has 0 aromatic heterocycles. The lowest BCUT2D eigenvalue weighted by molar-refractivity contribution is -0.148. The van der Waals surface area contributed by atoms with Crippen LogP contribution in [0.15, 0.2) is 72.9 Å². The van der Waals surface area contributed by atoms with Crippen LogP contribution in [0.2, 0.25) is 0 Å². The molecule has 3 atom stereocenters. The molecule has 0 fully saturated rings. The summed E-state index contributed by atoms with van der Waals surface area (Å²) in [5, 5.41) is 23.6. The Kier molecular flexibility index (Phi) is 47.2. The first-order valence-electron chi connectivity index (χ1n) is 26.2. The number of allylic oxidation sites excluding steroid dienone is 11. The van der Waals surface area contributed by atoms with Gasteiger partial charge in [0.05, 0.1) is 25.2 Å². The molecular weight excluding hydrogens is 767 g/mol. The molecule has 0 aliphatic heterocycles. The van der Waals surface area contributed by atoms with E-state index >= 15 is 0 Å². The molecule has 0 saturated heterocycles. The molecule has 1 amide bonds. The zero-order valence-corrected chi connectivity index (χ0v) is 40.7. The monoisotopic (exact) mass is 866 g/mol. The summed E-state index contributed by atoms with van der Waals surface area (Å²) in [4.78, 5) is 26.1. The van der Waals surface area contributed by atoms with Gasteiger partial charge in [0, 0.05) is 6.42 Å². The van der Waals surface area contributed by atoms with E-state index in [1.807, 2.05) is 6.08 Å². The minimum Gasteiger partial charge on any atom is -0.458 e. The van der Waals surface area contributed by atoms with E-state index in [1.165, 1.54) is 128 Å². The zero-order valence-electron chi connectivity index (χ0n) is 40.7. The van der Waals surface area contributed by atoms with Crippen LogP contribution in [-0.2, 0) is 14.3 Å². The van der Waals surface area contributed by atoms with Gasteiger partial charge in [0.15, 0.2) is 0 Å². The minimum absolute atomic E-state index is 0.0474. The van der Waals surface area contributed by atoms with Crippen molar-refractivity contribution in [2.45, 2.75) is 264 Å². The van der Waals surface area contributed by atoms with E-state index in [2.05, 4.69) is 86.8 Å². The average molecular weight is 866 g/mol. The highest BCUT2D eigenvalue weighted by atomic mass is 16.5. The fourth-order valence-electron chi connectivity index (χ4n) is 7.60. The Bertz CT molecular complexity index is 1150. The maximum atomic E-state index is 13.1. The lowest BCUT2D eigenvalue weighted by Crippen LogP contribution is -2.46. The van der Waals surface area contributed by atoms with Crippen LogP contribution in [-0.4, -0.2) is 46.9 Å². The van der Waals surface area contributed by atoms with E-state index in [0.29, 0.717) is 19.3 Å². The molecule has 3 N–H and O–H groups in total. The van der Waals surface area contributed by atoms with E-state index in [9.17, 15) is 19.8 Å². The molecule has 6 heteroatoms. The van der Waals surface area contributed by atoms with Crippen molar-refractivity contribution in [1.82, 2.24) is 5.32 Å². The first-order chi connectivity index (χ1) is 30.5. The van der Waals surface area contributed by atoms with E-state index < -0.39 is 18.2 Å². The van der Waals surface area contributed by atoms with Gasteiger partial charge in [-0.15, -0.1) is 0 Å². The van der Waals surface area contributed by atoms with Gasteiger partial charge in [0.1, 0.15) is 6.10 Å². The van der Waals surface area contributed by atoms with Crippen molar-refractivity contribution in [3.63, 3.8) is 0 Å². The van der Waals surface area contributed by atoms with Gasteiger partial charge in [0.25, 0.3) is 0 Å². The second kappa shape index (κ2) is 49.3. The fraction of sp³-hybridized carbons (Fsp3) is 0.750. The van der Waals surface area contributed by atoms with Crippen LogP contribution in [0, 0.1) is 0 Å². The van der Waals surface area contributed by atoms with Gasteiger partial charge in [-0.2, -0.15) is 0 Å². The van der Waals surface area contributed by atoms with Crippen molar-refractivity contribution in [3.05, 3.63) is 72.9 Å². The third-order valence-electron chi connectivity index (χ3n) is 11.5. The molecule has 0 aliphatic rings. The third kappa shape index (κ3) is 43.9. The Morgan fingerprint density at radius 3 is 1.23 bits per heavy atom. The molecule has 0 bridgehead atoms. The van der Waals surface area contributed by atoms with Crippen LogP contribution in [0.4, 0.5) is 0 Å². The summed E-state index contributed by atoms with van der Waals surface area (Å²) in [6.45, 7) is 6.32. The second-order valence-electron chi connectivity index (χ2n) is 17.6. The number of nitrogens with one attached hydrogen (secondary N) is 1. The number of hydrogen-bond acceptors (Lipinski definition) is 5. The van der Waals surface area contributed by atoms with Crippen molar-refractivity contribution in [2.24, 2.45) is 0 Å². The van der Waals surface area contributed by atoms with E-state index in [-0.39, 0.29) is 24.9 Å². The lowest BCUT2D eigenvalue weighted by atomic mass is 10.0. The molecule has 0 aromatic rings. The SMILES string of the molecule is CC/C=C\C/C=C\C/C=C\C/C=C\C/C=C\C/C=C\C(CC(=O)NC(CO)C(O)CCCCCCCCCCC)OC(=O)CCCCCCCCCCCCCCCCCCC. The summed E-state index contributed by atoms with van der Waals surface area (Å²) in [5.74, 6) is -0.627. The number of carbonyl (C=O) groups excluding carboxylic acids is 2. The summed E-state index contributed by atoms with van der Waals surface area (Å²) in [5.41, 5.74) is 0. The number of carbonyl (C=O) groups is 2. The topological polar surface area (TPSA) is 95.9 Å². The van der Waals surface area contributed by atoms with Crippen LogP contribution in [0.25, 0.3) is 0 Å². The quantitative estimate of drug-likeness (QED) is 0.0322. The molecule has 3 unspecified atom stereocenters. The standard InChI is InChI=1S/C56H99NO5/c1-4-7-10-13-16-19-21-23-25-27-29-31-33-36-38-41-44-47-52(50-55(60)57-53(51-58)54(59)48-45-42-39-35-18-15-12-9-6-3)62-56(61)49-46-43-40-37-34-32-30-28-26-24-22-20-17-14-11-8-5-2/h7,10,16,19,23,25,29,31,36,38,44,47,52-54,58-59H,4-6,8-9,11-15,17-18,20-22,24,26-28,30,32-35,37,39-43,45-46,48-51H2,1-3H3,(H,57,60)/b10-7-,19-16-,25-23-,31-29-,38-36-,47-44-. The summed E-state index contributed by atoms with van der Waals surface area (Å²) < 4.78 is 5.83. The predicted molar refractivity (Wildman–Crippen MR) is 268 cm³/mol. The lowest BCUT2D eigenvalue weighted by Gasteiger charge is -2.23. The molecule has 0 heterocycles. The summed E-state index contributed by atoms with van der Waals surface area (Å²) in [6, 6.07) is -0.743. The average Bonchev–Trinajstić information content (AvgIpc) is 3.26. The predicted octanol–water partition coefficient (Wildman–Crippen LogP) is 15.8. The number of rotatable bonds is 46. The number of unbranched alkanes of at least 4 members (excludes halogenated alkanes) is 24. The van der Waals surface area contributed by atoms with Crippen molar-refractivity contribution in [3.8, 4) is 0 Å². The van der Waals surface area contributed by atoms with Gasteiger partial charge in [-0.05, 0) is 57.4 Å². The zero-order chi connectivity index (χ0) is 45.2. The Morgan fingerprint density at radius 2 is 0.839 bits per heavy atom. The van der Waals surface area contributed by atoms with Crippen LogP contribution < -0.4 is 5.32 Å². The van der Waals surface area contributed by atoms with Crippen molar-refractivity contribution >= 4 is 11.9 Å². The summed E-state index contributed by atoms with van der Waals surface area (Å²) >= 11 is 0. The van der Waals surface area contributed by atoms with Crippen LogP contribution in [0.5, 0.6) is 0 Å². The molecule has 0 radical (unpaired) electrons. The number of hydrogen-bond donors (Lipinski definition) is 3. The maximum Gasteiger partial charge on any atom is 0.306 e. The molecule has 0 saturated carbocycles. The van der Waals surface area contributed by atoms with Crippen molar-refractivity contribution in [1.29, 1.82) is 0 Å². The largest absolute Gasteiger partial charge is 0.458 e. The number of aliphatic hydroxyl groups excluding tert-OH is 2. The second-order valence-corrected chi connectivity index (χ2v) is 17.6. The summed E-state index contributed by atoms with van der Waals surface area (Å²) in [7, 11) is 0. The molecule has 62 heavy (non-hydrogen) atoms. The van der Waals surface area contributed by atoms with Gasteiger partial charge in [-0.3, -0.25) is 9.59 Å². The normalized spacial score (nSPS) is 13.8. The highest BCUT2D eigenvalue weighted by Crippen LogP contribution is 2.16. The van der Waals surface area contributed by atoms with Gasteiger partial charge < -0.3 is 20.3 Å². The number of esters is 1. The minimum atomic E-state index is -0.819. The van der Waals surface area contributed by atoms with Crippen LogP contribution in [0.3, 0.4) is 0 Å². The molecule has 0 rings (SSSR count). The smallest absolute Gasteiger partial charge is 0.306 e. The number of ether oxygens (including phenoxy) is 1. The van der Waals surface area contributed by atoms with Crippen molar-refractivity contribution in [2.75, 3.05) is 6.61 Å². The highest BCUT2D eigenvalue weighted by Gasteiger charge is 2.23. The number of aliphatic hydroxyl groups is 2.